The van der Waals surface area contributed by atoms with Crippen LogP contribution in [0.5, 0.6) is 5.75 Å². The molecule has 3 N–H and O–H groups in total. The van der Waals surface area contributed by atoms with Gasteiger partial charge >= 0.3 is 6.09 Å². The first-order chi connectivity index (χ1) is 12.6. The number of hydrogen-bond acceptors (Lipinski definition) is 3. The second kappa shape index (κ2) is 10.2. The Morgan fingerprint density at radius 3 is 2.15 bits per heavy atom. The molecule has 3 rings (SSSR count). The molecule has 26 heavy (non-hydrogen) atoms. The van der Waals surface area contributed by atoms with Crippen molar-refractivity contribution < 1.29 is 19.8 Å². The van der Waals surface area contributed by atoms with Gasteiger partial charge in [0.05, 0.1) is 0 Å². The molecule has 0 unspecified atom stereocenters. The molecule has 5 heteroatoms. The minimum atomic E-state index is -0.882. The lowest BCUT2D eigenvalue weighted by Gasteiger charge is -2.20. The number of para-hydroxylation sites is 1. The molecule has 0 bridgehead atoms. The molecule has 138 valence electrons. The van der Waals surface area contributed by atoms with Gasteiger partial charge in [0.1, 0.15) is 5.75 Å². The Labute approximate surface area is 153 Å². The number of Topliss-reactive ketones (excluding diaryl/α,β-unsaturated/α-hetero) is 1. The molecule has 0 aromatic heterocycles. The summed E-state index contributed by atoms with van der Waals surface area (Å²) in [5, 5.41) is 20.4. The van der Waals surface area contributed by atoms with Crippen LogP contribution in [-0.2, 0) is 6.42 Å². The molecule has 1 saturated carbocycles. The number of phenolic OH excluding ortho intramolecular Hbond substituents is 1. The molecule has 5 nitrogen and oxygen atoms in total. The average molecular weight is 355 g/mol. The summed E-state index contributed by atoms with van der Waals surface area (Å²) < 4.78 is 0. The summed E-state index contributed by atoms with van der Waals surface area (Å²) in [6.45, 7) is 0. The molecule has 0 saturated heterocycles. The van der Waals surface area contributed by atoms with Crippen LogP contribution in [0.3, 0.4) is 0 Å². The number of rotatable bonds is 4. The van der Waals surface area contributed by atoms with Gasteiger partial charge in [-0.3, -0.25) is 4.79 Å². The van der Waals surface area contributed by atoms with Gasteiger partial charge < -0.3 is 15.5 Å². The van der Waals surface area contributed by atoms with E-state index in [2.05, 4.69) is 5.32 Å². The standard InChI is InChI=1S/C14H12O2.C7H13NO2/c15-13-9-5-4-8-12(13)10-14(16)11-6-2-1-3-7-11;9-7(10)8-6-4-2-1-3-5-6/h1-9,15H,10H2;6,8H,1-5H2,(H,9,10). The fourth-order valence-electron chi connectivity index (χ4n) is 2.98. The number of aromatic hydroxyl groups is 1. The van der Waals surface area contributed by atoms with Crippen molar-refractivity contribution in [2.75, 3.05) is 0 Å². The minimum absolute atomic E-state index is 0.0158. The third-order valence-electron chi connectivity index (χ3n) is 4.37. The minimum Gasteiger partial charge on any atom is -0.508 e. The van der Waals surface area contributed by atoms with Crippen molar-refractivity contribution in [3.63, 3.8) is 0 Å². The van der Waals surface area contributed by atoms with E-state index in [9.17, 15) is 14.7 Å². The maximum atomic E-state index is 11.9. The lowest BCUT2D eigenvalue weighted by atomic mass is 9.96. The topological polar surface area (TPSA) is 86.6 Å². The Morgan fingerprint density at radius 2 is 1.54 bits per heavy atom. The molecule has 0 radical (unpaired) electrons. The highest BCUT2D eigenvalue weighted by Crippen LogP contribution is 2.18. The van der Waals surface area contributed by atoms with Crippen LogP contribution < -0.4 is 5.32 Å². The second-order valence-electron chi connectivity index (χ2n) is 6.38. The quantitative estimate of drug-likeness (QED) is 0.709. The van der Waals surface area contributed by atoms with Gasteiger partial charge in [0.2, 0.25) is 0 Å². The van der Waals surface area contributed by atoms with Crippen LogP contribution in [0.25, 0.3) is 0 Å². The van der Waals surface area contributed by atoms with E-state index >= 15 is 0 Å². The van der Waals surface area contributed by atoms with Crippen LogP contribution in [0.1, 0.15) is 48.0 Å². The number of benzene rings is 2. The van der Waals surface area contributed by atoms with Gasteiger partial charge in [-0.05, 0) is 18.9 Å². The first-order valence-corrected chi connectivity index (χ1v) is 8.91. The summed E-state index contributed by atoms with van der Waals surface area (Å²) >= 11 is 0. The van der Waals surface area contributed by atoms with Gasteiger partial charge in [0.25, 0.3) is 0 Å². The van der Waals surface area contributed by atoms with Crippen LogP contribution in [0, 0.1) is 0 Å². The number of amides is 1. The molecule has 1 amide bonds. The third kappa shape index (κ3) is 6.59. The van der Waals surface area contributed by atoms with E-state index in [1.807, 2.05) is 24.3 Å². The van der Waals surface area contributed by atoms with E-state index in [1.54, 1.807) is 30.3 Å². The molecule has 1 fully saturated rings. The summed E-state index contributed by atoms with van der Waals surface area (Å²) in [5.74, 6) is 0.189. The van der Waals surface area contributed by atoms with Gasteiger partial charge in [0.15, 0.2) is 5.78 Å². The third-order valence-corrected chi connectivity index (χ3v) is 4.37. The van der Waals surface area contributed by atoms with Gasteiger partial charge in [-0.25, -0.2) is 4.79 Å². The molecular weight excluding hydrogens is 330 g/mol. The zero-order valence-corrected chi connectivity index (χ0v) is 14.7. The molecule has 0 atom stereocenters. The maximum Gasteiger partial charge on any atom is 0.404 e. The van der Waals surface area contributed by atoms with Crippen LogP contribution in [0.15, 0.2) is 54.6 Å². The monoisotopic (exact) mass is 355 g/mol. The molecule has 0 heterocycles. The van der Waals surface area contributed by atoms with E-state index in [-0.39, 0.29) is 24.0 Å². The lowest BCUT2D eigenvalue weighted by Crippen LogP contribution is -2.34. The molecule has 2 aromatic carbocycles. The Bertz CT molecular complexity index is 709. The number of carbonyl (C=O) groups excluding carboxylic acids is 1. The van der Waals surface area contributed by atoms with Crippen LogP contribution in [0.4, 0.5) is 4.79 Å². The Balaban J connectivity index is 0.000000209. The fraction of sp³-hybridized carbons (Fsp3) is 0.333. The predicted molar refractivity (Wildman–Crippen MR) is 101 cm³/mol. The molecule has 0 aliphatic heterocycles. The average Bonchev–Trinajstić information content (AvgIpc) is 2.65. The number of phenols is 1. The number of nitrogens with one attached hydrogen (secondary N) is 1. The molecule has 1 aliphatic rings. The van der Waals surface area contributed by atoms with Crippen molar-refractivity contribution in [3.8, 4) is 5.75 Å². The van der Waals surface area contributed by atoms with Crippen molar-refractivity contribution >= 4 is 11.9 Å². The van der Waals surface area contributed by atoms with Crippen molar-refractivity contribution in [2.24, 2.45) is 0 Å². The first kappa shape index (κ1) is 19.5. The maximum absolute atomic E-state index is 11.9. The fourth-order valence-corrected chi connectivity index (χ4v) is 2.98. The summed E-state index contributed by atoms with van der Waals surface area (Å²) in [4.78, 5) is 22.0. The van der Waals surface area contributed by atoms with Crippen LogP contribution in [-0.4, -0.2) is 28.1 Å². The van der Waals surface area contributed by atoms with Crippen molar-refractivity contribution in [1.82, 2.24) is 5.32 Å². The van der Waals surface area contributed by atoms with Gasteiger partial charge in [-0.2, -0.15) is 0 Å². The Hall–Kier alpha value is -2.82. The van der Waals surface area contributed by atoms with E-state index in [0.29, 0.717) is 11.1 Å². The molecular formula is C21H25NO4. The number of ketones is 1. The largest absolute Gasteiger partial charge is 0.508 e. The summed E-state index contributed by atoms with van der Waals surface area (Å²) in [7, 11) is 0. The highest BCUT2D eigenvalue weighted by Gasteiger charge is 2.14. The molecule has 2 aromatic rings. The van der Waals surface area contributed by atoms with E-state index in [0.717, 1.165) is 12.8 Å². The first-order valence-electron chi connectivity index (χ1n) is 8.91. The summed E-state index contributed by atoms with van der Waals surface area (Å²) in [6.07, 6.45) is 5.00. The van der Waals surface area contributed by atoms with Gasteiger partial charge in [-0.15, -0.1) is 0 Å². The van der Waals surface area contributed by atoms with Crippen molar-refractivity contribution in [2.45, 2.75) is 44.6 Å². The van der Waals surface area contributed by atoms with Gasteiger partial charge in [0, 0.05) is 23.6 Å². The number of carboxylic acid groups (broad SMARTS) is 1. The highest BCUT2D eigenvalue weighted by molar-refractivity contribution is 5.97. The van der Waals surface area contributed by atoms with E-state index in [4.69, 9.17) is 5.11 Å². The SMILES string of the molecule is O=C(Cc1ccccc1O)c1ccccc1.O=C(O)NC1CCCCC1. The van der Waals surface area contributed by atoms with E-state index < -0.39 is 6.09 Å². The Morgan fingerprint density at radius 1 is 0.923 bits per heavy atom. The predicted octanol–water partition coefficient (Wildman–Crippen LogP) is 4.40. The second-order valence-corrected chi connectivity index (χ2v) is 6.38. The number of hydrogen-bond donors (Lipinski definition) is 3. The smallest absolute Gasteiger partial charge is 0.404 e. The Kier molecular flexibility index (Phi) is 7.68. The lowest BCUT2D eigenvalue weighted by molar-refractivity contribution is 0.0992. The molecule has 0 spiro atoms. The van der Waals surface area contributed by atoms with E-state index in [1.165, 1.54) is 19.3 Å². The summed E-state index contributed by atoms with van der Waals surface area (Å²) in [6, 6.07) is 16.2. The zero-order chi connectivity index (χ0) is 18.8. The normalized spacial score (nSPS) is 14.0. The molecule has 1 aliphatic carbocycles. The zero-order valence-electron chi connectivity index (χ0n) is 14.7. The number of carbonyl (C=O) groups is 2. The van der Waals surface area contributed by atoms with Crippen LogP contribution >= 0.6 is 0 Å². The summed E-state index contributed by atoms with van der Waals surface area (Å²) in [5.41, 5.74) is 1.34. The van der Waals surface area contributed by atoms with Crippen molar-refractivity contribution in [3.05, 3.63) is 65.7 Å². The highest BCUT2D eigenvalue weighted by atomic mass is 16.4. The van der Waals surface area contributed by atoms with Gasteiger partial charge in [-0.1, -0.05) is 67.8 Å². The van der Waals surface area contributed by atoms with Crippen molar-refractivity contribution in [1.29, 1.82) is 0 Å². The van der Waals surface area contributed by atoms with Crippen LogP contribution in [0.2, 0.25) is 0 Å².